The minimum absolute atomic E-state index is 0.500. The van der Waals surface area contributed by atoms with Gasteiger partial charge < -0.3 is 9.64 Å². The number of hydrogen-bond donors (Lipinski definition) is 0. The van der Waals surface area contributed by atoms with E-state index < -0.39 is 0 Å². The van der Waals surface area contributed by atoms with E-state index in [1.807, 2.05) is 13.8 Å². The zero-order valence-corrected chi connectivity index (χ0v) is 12.7. The van der Waals surface area contributed by atoms with Crippen LogP contribution in [0.15, 0.2) is 0 Å². The first-order chi connectivity index (χ1) is 9.11. The molecular formula is C14H22ClN3O. The molecule has 1 aliphatic heterocycles. The summed E-state index contributed by atoms with van der Waals surface area (Å²) in [4.78, 5) is 11.0. The summed E-state index contributed by atoms with van der Waals surface area (Å²) in [6.07, 6.45) is 4.36. The van der Waals surface area contributed by atoms with Crippen LogP contribution in [0.3, 0.4) is 0 Å². The molecule has 2 rings (SSSR count). The minimum Gasteiger partial charge on any atom is -0.477 e. The van der Waals surface area contributed by atoms with Crippen LogP contribution in [0.25, 0.3) is 0 Å². The number of aromatic nitrogens is 2. The molecule has 1 aliphatic rings. The summed E-state index contributed by atoms with van der Waals surface area (Å²) in [5.74, 6) is 1.38. The molecule has 2 heterocycles. The molecular weight excluding hydrogens is 262 g/mol. The quantitative estimate of drug-likeness (QED) is 0.779. The van der Waals surface area contributed by atoms with Crippen LogP contribution in [0.2, 0.25) is 5.15 Å². The van der Waals surface area contributed by atoms with Gasteiger partial charge in [0.2, 0.25) is 5.88 Å². The zero-order valence-electron chi connectivity index (χ0n) is 11.9. The molecule has 1 fully saturated rings. The van der Waals surface area contributed by atoms with Crippen molar-refractivity contribution in [2.24, 2.45) is 0 Å². The molecule has 0 saturated carbocycles. The fourth-order valence-electron chi connectivity index (χ4n) is 2.45. The first kappa shape index (κ1) is 14.5. The third-order valence-electron chi connectivity index (χ3n) is 3.77. The van der Waals surface area contributed by atoms with Crippen molar-refractivity contribution < 1.29 is 4.74 Å². The van der Waals surface area contributed by atoms with Gasteiger partial charge in [0.25, 0.3) is 0 Å². The Morgan fingerprint density at radius 2 is 2.21 bits per heavy atom. The Morgan fingerprint density at radius 1 is 1.42 bits per heavy atom. The van der Waals surface area contributed by atoms with Gasteiger partial charge in [-0.2, -0.15) is 4.98 Å². The molecule has 1 saturated heterocycles. The van der Waals surface area contributed by atoms with Crippen LogP contribution >= 0.6 is 11.6 Å². The third kappa shape index (κ3) is 3.57. The van der Waals surface area contributed by atoms with E-state index in [1.165, 1.54) is 19.4 Å². The maximum Gasteiger partial charge on any atom is 0.221 e. The number of aryl methyl sites for hydroxylation is 1. The van der Waals surface area contributed by atoms with E-state index in [-0.39, 0.29) is 0 Å². The maximum atomic E-state index is 6.09. The van der Waals surface area contributed by atoms with Gasteiger partial charge in [-0.1, -0.05) is 18.5 Å². The van der Waals surface area contributed by atoms with E-state index in [2.05, 4.69) is 21.9 Å². The molecule has 4 nitrogen and oxygen atoms in total. The molecule has 106 valence electrons. The van der Waals surface area contributed by atoms with Crippen LogP contribution < -0.4 is 4.74 Å². The van der Waals surface area contributed by atoms with E-state index in [0.29, 0.717) is 23.7 Å². The highest BCUT2D eigenvalue weighted by Gasteiger charge is 2.20. The monoisotopic (exact) mass is 283 g/mol. The molecule has 0 aliphatic carbocycles. The highest BCUT2D eigenvalue weighted by molar-refractivity contribution is 6.30. The number of hydrogen-bond acceptors (Lipinski definition) is 4. The summed E-state index contributed by atoms with van der Waals surface area (Å²) >= 11 is 6.09. The van der Waals surface area contributed by atoms with Crippen LogP contribution in [0.1, 0.15) is 37.6 Å². The smallest absolute Gasteiger partial charge is 0.221 e. The second-order valence-electron chi connectivity index (χ2n) is 5.13. The van der Waals surface area contributed by atoms with Gasteiger partial charge in [0.1, 0.15) is 11.0 Å². The van der Waals surface area contributed by atoms with Gasteiger partial charge in [-0.3, -0.25) is 0 Å². The predicted molar refractivity (Wildman–Crippen MR) is 76.9 cm³/mol. The Kier molecular flexibility index (Phi) is 4.99. The summed E-state index contributed by atoms with van der Waals surface area (Å²) in [5.41, 5.74) is 0.832. The molecule has 1 aromatic heterocycles. The van der Waals surface area contributed by atoms with Gasteiger partial charge in [0, 0.05) is 18.0 Å². The highest BCUT2D eigenvalue weighted by atomic mass is 35.5. The lowest BCUT2D eigenvalue weighted by molar-refractivity contribution is 0.227. The van der Waals surface area contributed by atoms with E-state index in [1.54, 1.807) is 0 Å². The number of ether oxygens (including phenoxy) is 1. The second-order valence-corrected chi connectivity index (χ2v) is 5.49. The molecule has 0 amide bonds. The lowest BCUT2D eigenvalue weighted by Gasteiger charge is -2.19. The lowest BCUT2D eigenvalue weighted by Crippen LogP contribution is -2.26. The van der Waals surface area contributed by atoms with Crippen molar-refractivity contribution >= 4 is 11.6 Å². The molecule has 0 spiro atoms. The van der Waals surface area contributed by atoms with E-state index in [0.717, 1.165) is 24.2 Å². The SMILES string of the molecule is CCc1nc(Cl)c(C)c(OCCC2CCCN2C)n1. The first-order valence-electron chi connectivity index (χ1n) is 6.98. The Hall–Kier alpha value is -0.870. The van der Waals surface area contributed by atoms with Crippen molar-refractivity contribution in [3.8, 4) is 5.88 Å². The maximum absolute atomic E-state index is 6.09. The summed E-state index contributed by atoms with van der Waals surface area (Å²) < 4.78 is 5.81. The normalized spacial score (nSPS) is 19.9. The van der Waals surface area contributed by atoms with Gasteiger partial charge in [-0.25, -0.2) is 4.98 Å². The summed E-state index contributed by atoms with van der Waals surface area (Å²) in [5, 5.41) is 0.500. The van der Waals surface area contributed by atoms with Crippen LogP contribution in [-0.2, 0) is 6.42 Å². The molecule has 1 aromatic rings. The molecule has 0 aromatic carbocycles. The number of likely N-dealkylation sites (tertiary alicyclic amines) is 1. The molecule has 1 atom stereocenters. The van der Waals surface area contributed by atoms with Gasteiger partial charge in [0.15, 0.2) is 0 Å². The number of rotatable bonds is 5. The molecule has 0 radical (unpaired) electrons. The fraction of sp³-hybridized carbons (Fsp3) is 0.714. The van der Waals surface area contributed by atoms with Crippen LogP contribution in [0.4, 0.5) is 0 Å². The molecule has 0 bridgehead atoms. The Labute approximate surface area is 120 Å². The van der Waals surface area contributed by atoms with Crippen molar-refractivity contribution in [3.63, 3.8) is 0 Å². The Morgan fingerprint density at radius 3 is 2.84 bits per heavy atom. The minimum atomic E-state index is 0.500. The average molecular weight is 284 g/mol. The summed E-state index contributed by atoms with van der Waals surface area (Å²) in [7, 11) is 2.18. The van der Waals surface area contributed by atoms with E-state index >= 15 is 0 Å². The van der Waals surface area contributed by atoms with Crippen LogP contribution in [0, 0.1) is 6.92 Å². The fourth-order valence-corrected chi connectivity index (χ4v) is 2.62. The van der Waals surface area contributed by atoms with Gasteiger partial charge >= 0.3 is 0 Å². The van der Waals surface area contributed by atoms with Gasteiger partial charge in [0.05, 0.1) is 6.61 Å². The van der Waals surface area contributed by atoms with Crippen molar-refractivity contribution in [1.82, 2.24) is 14.9 Å². The Bertz CT molecular complexity index is 439. The van der Waals surface area contributed by atoms with Crippen LogP contribution in [0.5, 0.6) is 5.88 Å². The average Bonchev–Trinajstić information content (AvgIpc) is 2.80. The summed E-state index contributed by atoms with van der Waals surface area (Å²) in [6, 6.07) is 0.642. The van der Waals surface area contributed by atoms with E-state index in [4.69, 9.17) is 16.3 Å². The van der Waals surface area contributed by atoms with Crippen molar-refractivity contribution in [1.29, 1.82) is 0 Å². The Balaban J connectivity index is 1.93. The predicted octanol–water partition coefficient (Wildman–Crippen LogP) is 2.86. The van der Waals surface area contributed by atoms with Gasteiger partial charge in [-0.15, -0.1) is 0 Å². The van der Waals surface area contributed by atoms with Crippen molar-refractivity contribution in [2.75, 3.05) is 20.2 Å². The second kappa shape index (κ2) is 6.53. The molecule has 5 heteroatoms. The first-order valence-corrected chi connectivity index (χ1v) is 7.35. The third-order valence-corrected chi connectivity index (χ3v) is 4.13. The largest absolute Gasteiger partial charge is 0.477 e. The number of nitrogens with zero attached hydrogens (tertiary/aromatic N) is 3. The van der Waals surface area contributed by atoms with Crippen molar-refractivity contribution in [2.45, 2.75) is 45.6 Å². The van der Waals surface area contributed by atoms with Gasteiger partial charge in [-0.05, 0) is 39.8 Å². The standard InChI is InChI=1S/C14H22ClN3O/c1-4-12-16-13(15)10(2)14(17-12)19-9-7-11-6-5-8-18(11)3/h11H,4-9H2,1-3H3. The lowest BCUT2D eigenvalue weighted by atomic mass is 10.1. The zero-order chi connectivity index (χ0) is 13.8. The van der Waals surface area contributed by atoms with Crippen LogP contribution in [-0.4, -0.2) is 41.1 Å². The highest BCUT2D eigenvalue weighted by Crippen LogP contribution is 2.23. The molecule has 0 N–H and O–H groups in total. The summed E-state index contributed by atoms with van der Waals surface area (Å²) in [6.45, 7) is 5.80. The molecule has 1 unspecified atom stereocenters. The number of halogens is 1. The van der Waals surface area contributed by atoms with Crippen molar-refractivity contribution in [3.05, 3.63) is 16.5 Å². The topological polar surface area (TPSA) is 38.2 Å². The van der Waals surface area contributed by atoms with E-state index in [9.17, 15) is 0 Å². The molecule has 19 heavy (non-hydrogen) atoms.